The summed E-state index contributed by atoms with van der Waals surface area (Å²) in [6.07, 6.45) is 16.1. The minimum Gasteiger partial charge on any atom is -0.464 e. The SMILES string of the molecule is CN1[C@@H]2CC[C@H]1CC(n1cc(-c3ccc(Br)s3)nn1)C2.CN1[C@@H]2CC[C@H]1CC(n1cc(-c3ccc4occc4c3)nn1)C2. The normalized spacial score (nSPS) is 28.8. The molecule has 6 atom stereocenters. The first-order valence-electron chi connectivity index (χ1n) is 15.5. The summed E-state index contributed by atoms with van der Waals surface area (Å²) < 4.78 is 10.7. The van der Waals surface area contributed by atoms with Gasteiger partial charge in [0.2, 0.25) is 0 Å². The summed E-state index contributed by atoms with van der Waals surface area (Å²) in [5.74, 6) is 0. The Hall–Kier alpha value is -2.86. The molecule has 4 aliphatic rings. The van der Waals surface area contributed by atoms with Gasteiger partial charge in [-0.05, 0) is 118 Å². The molecule has 0 aliphatic carbocycles. The second-order valence-corrected chi connectivity index (χ2v) is 15.3. The molecule has 1 aromatic carbocycles. The molecule has 4 aromatic heterocycles. The Morgan fingerprint density at radius 1 is 0.721 bits per heavy atom. The summed E-state index contributed by atoms with van der Waals surface area (Å²) in [7, 11) is 4.54. The maximum atomic E-state index is 5.40. The van der Waals surface area contributed by atoms with Crippen molar-refractivity contribution in [3.8, 4) is 21.8 Å². The lowest BCUT2D eigenvalue weighted by atomic mass is 9.98. The first-order chi connectivity index (χ1) is 21.0. The van der Waals surface area contributed by atoms with Gasteiger partial charge >= 0.3 is 0 Å². The fourth-order valence-corrected chi connectivity index (χ4v) is 9.27. The Bertz CT molecular complexity index is 1700. The third kappa shape index (κ3) is 5.28. The number of piperidine rings is 2. The zero-order valence-corrected chi connectivity index (χ0v) is 27.0. The largest absolute Gasteiger partial charge is 0.464 e. The smallest absolute Gasteiger partial charge is 0.133 e. The standard InChI is InChI=1S/C18H20N4O.C14H17BrN4S/c1-21-14-3-4-15(21)10-16(9-14)22-11-17(19-20-22)12-2-5-18-13(8-12)6-7-23-18;1-18-9-2-3-10(18)7-11(6-9)19-8-12(16-17-19)13-4-5-14(15)20-13/h2,5-8,11,14-16H,3-4,9-10H2,1H3;4-5,8-11H,2-3,6-7H2,1H3/t14-,15+,16?;9-,10+,11?. The summed E-state index contributed by atoms with van der Waals surface area (Å²) in [5.41, 5.74) is 3.94. The molecular weight excluding hydrogens is 624 g/mol. The van der Waals surface area contributed by atoms with Crippen molar-refractivity contribution in [1.29, 1.82) is 0 Å². The lowest BCUT2D eigenvalue weighted by molar-refractivity contribution is 0.130. The quantitative estimate of drug-likeness (QED) is 0.204. The van der Waals surface area contributed by atoms with Crippen LogP contribution in [0.2, 0.25) is 0 Å². The van der Waals surface area contributed by atoms with Crippen LogP contribution in [0.3, 0.4) is 0 Å². The fraction of sp³-hybridized carbons (Fsp3) is 0.500. The van der Waals surface area contributed by atoms with Crippen LogP contribution in [0.5, 0.6) is 0 Å². The molecule has 43 heavy (non-hydrogen) atoms. The van der Waals surface area contributed by atoms with E-state index >= 15 is 0 Å². The first-order valence-corrected chi connectivity index (χ1v) is 17.1. The molecule has 0 N–H and O–H groups in total. The third-order valence-electron chi connectivity index (χ3n) is 10.5. The van der Waals surface area contributed by atoms with Crippen LogP contribution in [0.4, 0.5) is 0 Å². The number of thiophene rings is 1. The van der Waals surface area contributed by atoms with Gasteiger partial charge in [-0.2, -0.15) is 0 Å². The molecule has 4 saturated heterocycles. The lowest BCUT2D eigenvalue weighted by Gasteiger charge is -2.36. The van der Waals surface area contributed by atoms with Crippen LogP contribution in [-0.4, -0.2) is 78.1 Å². The molecule has 8 heterocycles. The highest BCUT2D eigenvalue weighted by Gasteiger charge is 2.40. The van der Waals surface area contributed by atoms with E-state index in [2.05, 4.69) is 106 Å². The number of benzene rings is 1. The molecule has 5 aromatic rings. The van der Waals surface area contributed by atoms with Gasteiger partial charge < -0.3 is 14.2 Å². The molecule has 0 spiro atoms. The summed E-state index contributed by atoms with van der Waals surface area (Å²) in [6.45, 7) is 0. The lowest BCUT2D eigenvalue weighted by Crippen LogP contribution is -2.40. The van der Waals surface area contributed by atoms with Crippen LogP contribution >= 0.6 is 27.3 Å². The predicted octanol–water partition coefficient (Wildman–Crippen LogP) is 7.06. The average molecular weight is 662 g/mol. The molecule has 4 aliphatic heterocycles. The van der Waals surface area contributed by atoms with E-state index in [1.54, 1.807) is 17.6 Å². The monoisotopic (exact) mass is 660 g/mol. The fourth-order valence-electron chi connectivity index (χ4n) is 7.93. The Kier molecular flexibility index (Phi) is 7.24. The number of aromatic nitrogens is 6. The Morgan fingerprint density at radius 3 is 1.88 bits per heavy atom. The van der Waals surface area contributed by atoms with Crippen LogP contribution in [0.15, 0.2) is 63.3 Å². The molecule has 4 fully saturated rings. The number of rotatable bonds is 4. The van der Waals surface area contributed by atoms with Crippen molar-refractivity contribution in [1.82, 2.24) is 39.8 Å². The van der Waals surface area contributed by atoms with Crippen LogP contribution in [-0.2, 0) is 0 Å². The Labute approximate surface area is 264 Å². The number of hydrogen-bond acceptors (Lipinski definition) is 8. The summed E-state index contributed by atoms with van der Waals surface area (Å²) in [6, 6.07) is 16.2. The van der Waals surface area contributed by atoms with E-state index in [0.29, 0.717) is 24.2 Å². The molecule has 2 unspecified atom stereocenters. The van der Waals surface area contributed by atoms with Crippen molar-refractivity contribution in [2.45, 2.75) is 87.6 Å². The van der Waals surface area contributed by atoms with Gasteiger partial charge in [0.15, 0.2) is 0 Å². The van der Waals surface area contributed by atoms with Crippen molar-refractivity contribution in [2.24, 2.45) is 0 Å². The number of hydrogen-bond donors (Lipinski definition) is 0. The van der Waals surface area contributed by atoms with E-state index in [4.69, 9.17) is 4.42 Å². The van der Waals surface area contributed by atoms with Crippen molar-refractivity contribution in [2.75, 3.05) is 14.1 Å². The molecule has 224 valence electrons. The number of halogens is 1. The van der Waals surface area contributed by atoms with Crippen LogP contribution in [0, 0.1) is 0 Å². The van der Waals surface area contributed by atoms with Gasteiger partial charge in [0.25, 0.3) is 0 Å². The highest BCUT2D eigenvalue weighted by molar-refractivity contribution is 9.11. The molecule has 9 rings (SSSR count). The molecule has 4 bridgehead atoms. The van der Waals surface area contributed by atoms with E-state index < -0.39 is 0 Å². The Balaban J connectivity index is 0.000000131. The van der Waals surface area contributed by atoms with E-state index in [-0.39, 0.29) is 0 Å². The summed E-state index contributed by atoms with van der Waals surface area (Å²) >= 11 is 5.21. The first kappa shape index (κ1) is 27.7. The van der Waals surface area contributed by atoms with Gasteiger partial charge in [-0.15, -0.1) is 21.5 Å². The van der Waals surface area contributed by atoms with Gasteiger partial charge in [0.05, 0.1) is 39.4 Å². The summed E-state index contributed by atoms with van der Waals surface area (Å²) in [4.78, 5) is 6.30. The van der Waals surface area contributed by atoms with Crippen molar-refractivity contribution in [3.05, 3.63) is 58.8 Å². The van der Waals surface area contributed by atoms with Crippen LogP contribution in [0.25, 0.3) is 32.8 Å². The number of furan rings is 1. The van der Waals surface area contributed by atoms with Crippen LogP contribution in [0.1, 0.15) is 63.5 Å². The zero-order chi connectivity index (χ0) is 29.1. The molecule has 11 heteroatoms. The maximum absolute atomic E-state index is 5.40. The zero-order valence-electron chi connectivity index (χ0n) is 24.6. The second kappa shape index (κ2) is 11.3. The van der Waals surface area contributed by atoms with Gasteiger partial charge in [-0.25, -0.2) is 9.36 Å². The average Bonchev–Trinajstić information content (AvgIpc) is 3.86. The van der Waals surface area contributed by atoms with E-state index in [0.717, 1.165) is 43.8 Å². The highest BCUT2D eigenvalue weighted by Crippen LogP contribution is 2.41. The predicted molar refractivity (Wildman–Crippen MR) is 172 cm³/mol. The van der Waals surface area contributed by atoms with Crippen molar-refractivity contribution >= 4 is 38.2 Å². The van der Waals surface area contributed by atoms with E-state index in [1.807, 2.05) is 12.1 Å². The topological polar surface area (TPSA) is 81.0 Å². The van der Waals surface area contributed by atoms with Gasteiger partial charge in [0.1, 0.15) is 17.0 Å². The van der Waals surface area contributed by atoms with Crippen molar-refractivity contribution in [3.63, 3.8) is 0 Å². The second-order valence-electron chi connectivity index (χ2n) is 12.8. The molecular formula is C32H37BrN8OS. The Morgan fingerprint density at radius 2 is 1.30 bits per heavy atom. The van der Waals surface area contributed by atoms with Gasteiger partial charge in [0, 0.05) is 35.1 Å². The van der Waals surface area contributed by atoms with E-state index in [9.17, 15) is 0 Å². The maximum Gasteiger partial charge on any atom is 0.133 e. The minimum atomic E-state index is 0.489. The van der Waals surface area contributed by atoms with Gasteiger partial charge in [-0.3, -0.25) is 0 Å². The van der Waals surface area contributed by atoms with Crippen LogP contribution < -0.4 is 0 Å². The molecule has 9 nitrogen and oxygen atoms in total. The third-order valence-corrected chi connectivity index (χ3v) is 12.1. The molecule has 0 amide bonds. The highest BCUT2D eigenvalue weighted by atomic mass is 79.9. The number of nitrogens with zero attached hydrogens (tertiary/aromatic N) is 8. The summed E-state index contributed by atoms with van der Waals surface area (Å²) in [5, 5.41) is 18.7. The van der Waals surface area contributed by atoms with Gasteiger partial charge in [-0.1, -0.05) is 10.4 Å². The molecule has 0 radical (unpaired) electrons. The minimum absolute atomic E-state index is 0.489. The molecule has 0 saturated carbocycles. The number of fused-ring (bicyclic) bond motifs is 5. The van der Waals surface area contributed by atoms with Crippen molar-refractivity contribution < 1.29 is 4.42 Å². The van der Waals surface area contributed by atoms with E-state index in [1.165, 1.54) is 56.2 Å².